The fourth-order valence-corrected chi connectivity index (χ4v) is 2.09. The molecule has 1 fully saturated rings. The molecule has 2 unspecified atom stereocenters. The Hall–Kier alpha value is -0.610. The van der Waals surface area contributed by atoms with Crippen molar-refractivity contribution in [1.29, 1.82) is 0 Å². The molecule has 1 aliphatic heterocycles. The molecule has 1 heterocycles. The minimum atomic E-state index is -0.229. The van der Waals surface area contributed by atoms with Crippen molar-refractivity contribution >= 4 is 21.6 Å². The molecule has 15 heavy (non-hydrogen) atoms. The average molecular weight is 274 g/mol. The summed E-state index contributed by atoms with van der Waals surface area (Å²) >= 11 is 3.39. The van der Waals surface area contributed by atoms with Gasteiger partial charge in [-0.3, -0.25) is 0 Å². The van der Waals surface area contributed by atoms with Crippen LogP contribution in [0.4, 0.5) is 10.1 Å². The van der Waals surface area contributed by atoms with Gasteiger partial charge in [-0.1, -0.05) is 0 Å². The van der Waals surface area contributed by atoms with Crippen LogP contribution in [0, 0.1) is 5.82 Å². The summed E-state index contributed by atoms with van der Waals surface area (Å²) in [7, 11) is 0. The lowest BCUT2D eigenvalue weighted by Crippen LogP contribution is -2.26. The van der Waals surface area contributed by atoms with E-state index in [0.717, 1.165) is 23.2 Å². The zero-order valence-corrected chi connectivity index (χ0v) is 10.1. The molecule has 1 N–H and O–H groups in total. The van der Waals surface area contributed by atoms with Gasteiger partial charge < -0.3 is 10.1 Å². The second-order valence-electron chi connectivity index (χ2n) is 3.74. The summed E-state index contributed by atoms with van der Waals surface area (Å²) in [4.78, 5) is 0. The van der Waals surface area contributed by atoms with Crippen LogP contribution in [0.1, 0.15) is 13.3 Å². The highest BCUT2D eigenvalue weighted by atomic mass is 79.9. The number of ether oxygens (including phenoxy) is 1. The Kier molecular flexibility index (Phi) is 3.26. The van der Waals surface area contributed by atoms with E-state index in [1.54, 1.807) is 6.07 Å². The van der Waals surface area contributed by atoms with E-state index in [1.165, 1.54) is 12.1 Å². The number of hydrogen-bond donors (Lipinski definition) is 1. The molecule has 1 saturated heterocycles. The highest BCUT2D eigenvalue weighted by Gasteiger charge is 2.24. The first-order valence-electron chi connectivity index (χ1n) is 5.00. The van der Waals surface area contributed by atoms with Crippen molar-refractivity contribution in [3.05, 3.63) is 28.5 Å². The molecule has 1 aliphatic rings. The van der Waals surface area contributed by atoms with E-state index in [2.05, 4.69) is 21.2 Å². The van der Waals surface area contributed by atoms with E-state index in [0.29, 0.717) is 0 Å². The lowest BCUT2D eigenvalue weighted by molar-refractivity contribution is 0.121. The van der Waals surface area contributed by atoms with Crippen LogP contribution in [0.3, 0.4) is 0 Å². The SMILES string of the molecule is CC1OCCC1Nc1cc(F)ccc1Br. The van der Waals surface area contributed by atoms with Crippen molar-refractivity contribution in [2.75, 3.05) is 11.9 Å². The molecular formula is C11H13BrFNO. The van der Waals surface area contributed by atoms with E-state index < -0.39 is 0 Å². The maximum atomic E-state index is 13.0. The van der Waals surface area contributed by atoms with Gasteiger partial charge in [0.25, 0.3) is 0 Å². The molecule has 0 bridgehead atoms. The van der Waals surface area contributed by atoms with E-state index in [1.807, 2.05) is 6.92 Å². The first kappa shape index (κ1) is 10.9. The molecule has 0 radical (unpaired) electrons. The molecular weight excluding hydrogens is 261 g/mol. The summed E-state index contributed by atoms with van der Waals surface area (Å²) in [5.74, 6) is -0.229. The van der Waals surface area contributed by atoms with Crippen molar-refractivity contribution in [1.82, 2.24) is 0 Å². The standard InChI is InChI=1S/C11H13BrFNO/c1-7-10(4-5-15-7)14-11-6-8(13)2-3-9(11)12/h2-3,6-7,10,14H,4-5H2,1H3. The van der Waals surface area contributed by atoms with Gasteiger partial charge in [-0.25, -0.2) is 4.39 Å². The van der Waals surface area contributed by atoms with Crippen molar-refractivity contribution in [3.63, 3.8) is 0 Å². The van der Waals surface area contributed by atoms with E-state index in [9.17, 15) is 4.39 Å². The number of benzene rings is 1. The van der Waals surface area contributed by atoms with Gasteiger partial charge in [0.1, 0.15) is 5.82 Å². The first-order chi connectivity index (χ1) is 7.16. The summed E-state index contributed by atoms with van der Waals surface area (Å²) in [5, 5.41) is 3.29. The third-order valence-corrected chi connectivity index (χ3v) is 3.34. The van der Waals surface area contributed by atoms with Crippen molar-refractivity contribution in [2.45, 2.75) is 25.5 Å². The summed E-state index contributed by atoms with van der Waals surface area (Å²) in [6.07, 6.45) is 1.14. The minimum Gasteiger partial charge on any atom is -0.379 e. The maximum Gasteiger partial charge on any atom is 0.125 e. The van der Waals surface area contributed by atoms with Crippen LogP contribution in [0.25, 0.3) is 0 Å². The van der Waals surface area contributed by atoms with Gasteiger partial charge in [0.15, 0.2) is 0 Å². The number of nitrogens with one attached hydrogen (secondary N) is 1. The highest BCUT2D eigenvalue weighted by molar-refractivity contribution is 9.10. The van der Waals surface area contributed by atoms with Gasteiger partial charge >= 0.3 is 0 Å². The minimum absolute atomic E-state index is 0.181. The normalized spacial score (nSPS) is 25.5. The summed E-state index contributed by atoms with van der Waals surface area (Å²) in [5.41, 5.74) is 0.789. The first-order valence-corrected chi connectivity index (χ1v) is 5.79. The molecule has 2 rings (SSSR count). The van der Waals surface area contributed by atoms with Gasteiger partial charge in [0.2, 0.25) is 0 Å². The molecule has 4 heteroatoms. The molecule has 2 nitrogen and oxygen atoms in total. The fraction of sp³-hybridized carbons (Fsp3) is 0.455. The van der Waals surface area contributed by atoms with Crippen molar-refractivity contribution in [2.24, 2.45) is 0 Å². The third-order valence-electron chi connectivity index (χ3n) is 2.65. The van der Waals surface area contributed by atoms with Crippen molar-refractivity contribution in [3.8, 4) is 0 Å². The smallest absolute Gasteiger partial charge is 0.125 e. The zero-order chi connectivity index (χ0) is 10.8. The van der Waals surface area contributed by atoms with Gasteiger partial charge in [0, 0.05) is 11.1 Å². The molecule has 1 aromatic carbocycles. The number of rotatable bonds is 2. The van der Waals surface area contributed by atoms with Crippen LogP contribution in [0.5, 0.6) is 0 Å². The Morgan fingerprint density at radius 2 is 2.33 bits per heavy atom. The molecule has 0 aromatic heterocycles. The van der Waals surface area contributed by atoms with E-state index >= 15 is 0 Å². The Labute approximate surface area is 96.9 Å². The second kappa shape index (κ2) is 4.49. The fourth-order valence-electron chi connectivity index (χ4n) is 1.73. The van der Waals surface area contributed by atoms with Crippen LogP contribution < -0.4 is 5.32 Å². The van der Waals surface area contributed by atoms with Crippen LogP contribution in [-0.4, -0.2) is 18.8 Å². The summed E-state index contributed by atoms with van der Waals surface area (Å²) < 4.78 is 19.3. The third kappa shape index (κ3) is 2.49. The maximum absolute atomic E-state index is 13.0. The second-order valence-corrected chi connectivity index (χ2v) is 4.59. The lowest BCUT2D eigenvalue weighted by Gasteiger charge is -2.18. The van der Waals surface area contributed by atoms with Gasteiger partial charge in [-0.05, 0) is 47.5 Å². The van der Waals surface area contributed by atoms with Crippen LogP contribution in [0.2, 0.25) is 0 Å². The summed E-state index contributed by atoms with van der Waals surface area (Å²) in [6.45, 7) is 2.80. The Morgan fingerprint density at radius 1 is 1.53 bits per heavy atom. The van der Waals surface area contributed by atoms with E-state index in [4.69, 9.17) is 4.74 Å². The van der Waals surface area contributed by atoms with Crippen LogP contribution in [0.15, 0.2) is 22.7 Å². The monoisotopic (exact) mass is 273 g/mol. The lowest BCUT2D eigenvalue weighted by atomic mass is 10.1. The van der Waals surface area contributed by atoms with Crippen LogP contribution in [-0.2, 0) is 4.74 Å². The molecule has 82 valence electrons. The predicted molar refractivity (Wildman–Crippen MR) is 61.5 cm³/mol. The molecule has 0 aliphatic carbocycles. The molecule has 0 saturated carbocycles. The van der Waals surface area contributed by atoms with Gasteiger partial charge in [0.05, 0.1) is 17.8 Å². The van der Waals surface area contributed by atoms with Crippen LogP contribution >= 0.6 is 15.9 Å². The highest BCUT2D eigenvalue weighted by Crippen LogP contribution is 2.26. The molecule has 1 aromatic rings. The Morgan fingerprint density at radius 3 is 3.00 bits per heavy atom. The number of hydrogen-bond acceptors (Lipinski definition) is 2. The largest absolute Gasteiger partial charge is 0.379 e. The summed E-state index contributed by atoms with van der Waals surface area (Å²) in [6, 6.07) is 4.90. The molecule has 0 amide bonds. The quantitative estimate of drug-likeness (QED) is 0.894. The number of halogens is 2. The van der Waals surface area contributed by atoms with Gasteiger partial charge in [-0.2, -0.15) is 0 Å². The average Bonchev–Trinajstić information content (AvgIpc) is 2.58. The zero-order valence-electron chi connectivity index (χ0n) is 8.47. The van der Waals surface area contributed by atoms with Gasteiger partial charge in [-0.15, -0.1) is 0 Å². The number of anilines is 1. The molecule has 2 atom stereocenters. The predicted octanol–water partition coefficient (Wildman–Crippen LogP) is 3.18. The topological polar surface area (TPSA) is 21.3 Å². The Bertz CT molecular complexity index is 358. The molecule has 0 spiro atoms. The Balaban J connectivity index is 2.12. The van der Waals surface area contributed by atoms with E-state index in [-0.39, 0.29) is 18.0 Å². The van der Waals surface area contributed by atoms with Crippen molar-refractivity contribution < 1.29 is 9.13 Å².